The second kappa shape index (κ2) is 2.91. The van der Waals surface area contributed by atoms with E-state index in [4.69, 9.17) is 7.85 Å². The lowest BCUT2D eigenvalue weighted by Gasteiger charge is -1.98. The molecule has 3 aromatic heterocycles. The molecule has 6 nitrogen and oxygen atoms in total. The van der Waals surface area contributed by atoms with Crippen LogP contribution in [0.1, 0.15) is 0 Å². The van der Waals surface area contributed by atoms with E-state index >= 15 is 0 Å². The summed E-state index contributed by atoms with van der Waals surface area (Å²) in [6, 6.07) is 1.69. The van der Waals surface area contributed by atoms with Crippen LogP contribution in [0.3, 0.4) is 0 Å². The first kappa shape index (κ1) is 8.16. The lowest BCUT2D eigenvalue weighted by molar-refractivity contribution is 0.883. The van der Waals surface area contributed by atoms with Crippen molar-refractivity contribution in [3.63, 3.8) is 0 Å². The van der Waals surface area contributed by atoms with Crippen molar-refractivity contribution in [1.82, 2.24) is 29.4 Å². The smallest absolute Gasteiger partial charge is 0.180 e. The SMILES string of the molecule is [B]c1ccn2ncc(-n3cncn3)c2n1. The van der Waals surface area contributed by atoms with Crippen molar-refractivity contribution in [3.05, 3.63) is 31.1 Å². The summed E-state index contributed by atoms with van der Waals surface area (Å²) in [4.78, 5) is 8.04. The summed E-state index contributed by atoms with van der Waals surface area (Å²) in [6.07, 6.45) is 6.45. The Hall–Kier alpha value is -2.18. The van der Waals surface area contributed by atoms with Crippen molar-refractivity contribution in [1.29, 1.82) is 0 Å². The first-order valence-electron chi connectivity index (χ1n) is 4.29. The molecular weight excluding hydrogens is 191 g/mol. The molecule has 3 rings (SSSR count). The molecule has 0 aliphatic heterocycles. The molecule has 0 N–H and O–H groups in total. The van der Waals surface area contributed by atoms with E-state index in [9.17, 15) is 0 Å². The molecule has 0 bridgehead atoms. The predicted molar refractivity (Wildman–Crippen MR) is 53.3 cm³/mol. The maximum atomic E-state index is 5.61. The highest BCUT2D eigenvalue weighted by molar-refractivity contribution is 6.30. The summed E-state index contributed by atoms with van der Waals surface area (Å²) in [6.45, 7) is 0. The van der Waals surface area contributed by atoms with Gasteiger partial charge in [-0.3, -0.25) is 0 Å². The number of fused-ring (bicyclic) bond motifs is 1. The van der Waals surface area contributed by atoms with Gasteiger partial charge in [0.1, 0.15) is 26.2 Å². The van der Waals surface area contributed by atoms with Crippen LogP contribution in [0.2, 0.25) is 0 Å². The molecule has 0 fully saturated rings. The van der Waals surface area contributed by atoms with Gasteiger partial charge >= 0.3 is 0 Å². The third-order valence-electron chi connectivity index (χ3n) is 2.04. The van der Waals surface area contributed by atoms with Crippen molar-refractivity contribution in [3.8, 4) is 5.69 Å². The number of rotatable bonds is 1. The van der Waals surface area contributed by atoms with Crippen LogP contribution in [0.4, 0.5) is 0 Å². The van der Waals surface area contributed by atoms with Gasteiger partial charge in [0, 0.05) is 6.20 Å². The van der Waals surface area contributed by atoms with Crippen LogP contribution in [0, 0.1) is 0 Å². The van der Waals surface area contributed by atoms with Crippen molar-refractivity contribution < 1.29 is 0 Å². The van der Waals surface area contributed by atoms with Crippen LogP contribution >= 0.6 is 0 Å². The van der Waals surface area contributed by atoms with Crippen molar-refractivity contribution in [2.24, 2.45) is 0 Å². The Bertz CT molecular complexity index is 599. The van der Waals surface area contributed by atoms with E-state index in [0.717, 1.165) is 5.69 Å². The van der Waals surface area contributed by atoms with Gasteiger partial charge in [-0.15, -0.1) is 0 Å². The molecule has 7 heteroatoms. The summed E-state index contributed by atoms with van der Waals surface area (Å²) < 4.78 is 3.22. The van der Waals surface area contributed by atoms with E-state index in [1.165, 1.54) is 6.33 Å². The van der Waals surface area contributed by atoms with Gasteiger partial charge in [0.2, 0.25) is 0 Å². The number of hydrogen-bond acceptors (Lipinski definition) is 4. The molecule has 70 valence electrons. The zero-order valence-electron chi connectivity index (χ0n) is 7.65. The van der Waals surface area contributed by atoms with Crippen LogP contribution in [0.5, 0.6) is 0 Å². The van der Waals surface area contributed by atoms with E-state index in [1.807, 2.05) is 0 Å². The lowest BCUT2D eigenvalue weighted by Crippen LogP contribution is -2.10. The summed E-state index contributed by atoms with van der Waals surface area (Å²) >= 11 is 0. The molecule has 2 radical (unpaired) electrons. The minimum absolute atomic E-state index is 0.448. The molecule has 0 amide bonds. The zero-order valence-corrected chi connectivity index (χ0v) is 7.65. The minimum Gasteiger partial charge on any atom is -0.243 e. The van der Waals surface area contributed by atoms with Gasteiger partial charge in [-0.1, -0.05) is 0 Å². The van der Waals surface area contributed by atoms with Crippen molar-refractivity contribution >= 4 is 19.1 Å². The van der Waals surface area contributed by atoms with Gasteiger partial charge in [0.05, 0.1) is 6.20 Å². The molecule has 0 saturated heterocycles. The Morgan fingerprint density at radius 1 is 1.27 bits per heavy atom. The second-order valence-corrected chi connectivity index (χ2v) is 2.99. The number of nitrogens with zero attached hydrogens (tertiary/aromatic N) is 6. The summed E-state index contributed by atoms with van der Waals surface area (Å²) in [7, 11) is 5.61. The highest BCUT2D eigenvalue weighted by Gasteiger charge is 2.07. The average molecular weight is 196 g/mol. The quantitative estimate of drug-likeness (QED) is 0.473. The molecule has 0 atom stereocenters. The maximum Gasteiger partial charge on any atom is 0.180 e. The largest absolute Gasteiger partial charge is 0.243 e. The minimum atomic E-state index is 0.448. The zero-order chi connectivity index (χ0) is 10.3. The molecule has 3 heterocycles. The van der Waals surface area contributed by atoms with E-state index in [-0.39, 0.29) is 0 Å². The van der Waals surface area contributed by atoms with Gasteiger partial charge < -0.3 is 0 Å². The van der Waals surface area contributed by atoms with Crippen LogP contribution < -0.4 is 5.59 Å². The number of aromatic nitrogens is 6. The van der Waals surface area contributed by atoms with E-state index < -0.39 is 0 Å². The van der Waals surface area contributed by atoms with Crippen LogP contribution in [0.25, 0.3) is 11.3 Å². The average Bonchev–Trinajstić information content (AvgIpc) is 2.83. The monoisotopic (exact) mass is 196 g/mol. The van der Waals surface area contributed by atoms with Crippen molar-refractivity contribution in [2.75, 3.05) is 0 Å². The van der Waals surface area contributed by atoms with E-state index in [0.29, 0.717) is 11.2 Å². The maximum absolute atomic E-state index is 5.61. The predicted octanol–water partition coefficient (Wildman–Crippen LogP) is -0.896. The Morgan fingerprint density at radius 3 is 3.00 bits per heavy atom. The summed E-state index contributed by atoms with van der Waals surface area (Å²) in [5.41, 5.74) is 1.85. The fourth-order valence-corrected chi connectivity index (χ4v) is 1.37. The number of hydrogen-bond donors (Lipinski definition) is 0. The Balaban J connectivity index is 2.32. The first-order chi connectivity index (χ1) is 7.34. The van der Waals surface area contributed by atoms with E-state index in [1.54, 1.807) is 34.0 Å². The Labute approximate surface area is 86.0 Å². The van der Waals surface area contributed by atoms with Gasteiger partial charge in [-0.05, 0) is 11.7 Å². The normalized spacial score (nSPS) is 10.9. The molecule has 0 unspecified atom stereocenters. The molecule has 0 aliphatic rings. The van der Waals surface area contributed by atoms with Gasteiger partial charge in [0.15, 0.2) is 5.65 Å². The molecule has 15 heavy (non-hydrogen) atoms. The Morgan fingerprint density at radius 2 is 2.20 bits per heavy atom. The highest BCUT2D eigenvalue weighted by atomic mass is 15.4. The summed E-state index contributed by atoms with van der Waals surface area (Å²) in [5, 5.41) is 8.14. The van der Waals surface area contributed by atoms with Gasteiger partial charge in [0.25, 0.3) is 0 Å². The second-order valence-electron chi connectivity index (χ2n) is 2.99. The Kier molecular flexibility index (Phi) is 1.58. The third kappa shape index (κ3) is 1.20. The van der Waals surface area contributed by atoms with Crippen molar-refractivity contribution in [2.45, 2.75) is 0 Å². The standard InChI is InChI=1S/C8H5BN6/c9-7-1-2-14-8(13-7)6(3-11-14)15-5-10-4-12-15/h1-5H. The van der Waals surface area contributed by atoms with Gasteiger partial charge in [-0.25, -0.2) is 19.2 Å². The molecule has 3 aromatic rings. The molecule has 0 spiro atoms. The molecule has 0 aromatic carbocycles. The van der Waals surface area contributed by atoms with Crippen LogP contribution in [0.15, 0.2) is 31.1 Å². The fourth-order valence-electron chi connectivity index (χ4n) is 1.37. The summed E-state index contributed by atoms with van der Waals surface area (Å²) in [5.74, 6) is 0. The first-order valence-corrected chi connectivity index (χ1v) is 4.29. The molecule has 0 saturated carbocycles. The molecule has 0 aliphatic carbocycles. The van der Waals surface area contributed by atoms with Gasteiger partial charge in [-0.2, -0.15) is 10.2 Å². The topological polar surface area (TPSA) is 60.9 Å². The lowest BCUT2D eigenvalue weighted by atomic mass is 10.1. The van der Waals surface area contributed by atoms with E-state index in [2.05, 4.69) is 20.2 Å². The van der Waals surface area contributed by atoms with Crippen LogP contribution in [-0.2, 0) is 0 Å². The van der Waals surface area contributed by atoms with Crippen LogP contribution in [-0.4, -0.2) is 37.2 Å². The fraction of sp³-hybridized carbons (Fsp3) is 0. The highest BCUT2D eigenvalue weighted by Crippen LogP contribution is 2.09. The molecular formula is C8H5BN6. The third-order valence-corrected chi connectivity index (χ3v) is 2.04.